The molecule has 1 aliphatic carbocycles. The van der Waals surface area contributed by atoms with E-state index in [0.717, 1.165) is 37.5 Å². The van der Waals surface area contributed by atoms with Gasteiger partial charge in [-0.05, 0) is 26.7 Å². The van der Waals surface area contributed by atoms with Crippen LogP contribution in [0, 0.1) is 13.8 Å². The molecule has 0 bridgehead atoms. The number of fused-ring (bicyclic) bond motifs is 1. The third-order valence-electron chi connectivity index (χ3n) is 5.01. The van der Waals surface area contributed by atoms with Crippen LogP contribution >= 0.6 is 0 Å². The second kappa shape index (κ2) is 4.98. The molecule has 0 radical (unpaired) electrons. The molecule has 5 heteroatoms. The van der Waals surface area contributed by atoms with Gasteiger partial charge in [-0.3, -0.25) is 0 Å². The molecule has 112 valence electrons. The van der Waals surface area contributed by atoms with E-state index in [1.807, 2.05) is 0 Å². The number of aryl methyl sites for hydroxylation is 1. The zero-order chi connectivity index (χ0) is 14.4. The molecule has 1 aliphatic heterocycles. The normalized spacial score (nSPS) is 20.0. The first-order chi connectivity index (χ1) is 10.2. The van der Waals surface area contributed by atoms with Crippen molar-refractivity contribution in [3.8, 4) is 0 Å². The molecule has 2 aliphatic rings. The summed E-state index contributed by atoms with van der Waals surface area (Å²) in [6, 6.07) is 2.20. The molecule has 3 heterocycles. The van der Waals surface area contributed by atoms with Crippen molar-refractivity contribution in [3.05, 3.63) is 23.0 Å². The highest BCUT2D eigenvalue weighted by molar-refractivity contribution is 5.57. The van der Waals surface area contributed by atoms with Crippen LogP contribution in [0.3, 0.4) is 0 Å². The maximum Gasteiger partial charge on any atom is 0.157 e. The van der Waals surface area contributed by atoms with E-state index in [0.29, 0.717) is 5.92 Å². The van der Waals surface area contributed by atoms with Crippen LogP contribution in [-0.2, 0) is 0 Å². The number of hydrogen-bond donors (Lipinski definition) is 1. The third kappa shape index (κ3) is 2.11. The number of nitrogens with zero attached hydrogens (tertiary/aromatic N) is 4. The van der Waals surface area contributed by atoms with Gasteiger partial charge in [0.15, 0.2) is 5.65 Å². The molecule has 2 fully saturated rings. The summed E-state index contributed by atoms with van der Waals surface area (Å²) in [5, 5.41) is 8.33. The van der Waals surface area contributed by atoms with E-state index in [1.54, 1.807) is 0 Å². The van der Waals surface area contributed by atoms with Gasteiger partial charge in [0.05, 0.1) is 5.69 Å². The van der Waals surface area contributed by atoms with Crippen LogP contribution in [0.4, 0.5) is 5.82 Å². The molecule has 1 N–H and O–H groups in total. The Hall–Kier alpha value is -1.62. The Kier molecular flexibility index (Phi) is 3.10. The lowest BCUT2D eigenvalue weighted by Gasteiger charge is -2.31. The van der Waals surface area contributed by atoms with E-state index in [-0.39, 0.29) is 0 Å². The standard InChI is InChI=1S/C16H23N5/c1-11-12(2)18-15-10-14(13-4-3-5-13)19-21(15)16(11)20-8-6-17-7-9-20/h10,13,17H,3-9H2,1-2H3. The summed E-state index contributed by atoms with van der Waals surface area (Å²) in [5.74, 6) is 1.90. The summed E-state index contributed by atoms with van der Waals surface area (Å²) < 4.78 is 2.08. The molecule has 0 atom stereocenters. The molecule has 0 spiro atoms. The second-order valence-corrected chi connectivity index (χ2v) is 6.35. The van der Waals surface area contributed by atoms with Gasteiger partial charge in [-0.25, -0.2) is 4.98 Å². The quantitative estimate of drug-likeness (QED) is 0.917. The summed E-state index contributed by atoms with van der Waals surface area (Å²) in [5.41, 5.74) is 4.62. The SMILES string of the molecule is Cc1nc2cc(C3CCC3)nn2c(N2CCNCC2)c1C. The number of piperazine rings is 1. The van der Waals surface area contributed by atoms with E-state index in [1.165, 1.54) is 36.3 Å². The monoisotopic (exact) mass is 285 g/mol. The number of hydrogen-bond acceptors (Lipinski definition) is 4. The first-order valence-electron chi connectivity index (χ1n) is 8.06. The van der Waals surface area contributed by atoms with Crippen LogP contribution in [-0.4, -0.2) is 40.8 Å². The van der Waals surface area contributed by atoms with Crippen LogP contribution in [0.2, 0.25) is 0 Å². The van der Waals surface area contributed by atoms with Crippen molar-refractivity contribution >= 4 is 11.5 Å². The van der Waals surface area contributed by atoms with E-state index < -0.39 is 0 Å². The Bertz CT molecular complexity index is 665. The van der Waals surface area contributed by atoms with Crippen molar-refractivity contribution in [2.24, 2.45) is 0 Å². The van der Waals surface area contributed by atoms with Crippen molar-refractivity contribution in [2.45, 2.75) is 39.0 Å². The van der Waals surface area contributed by atoms with E-state index in [4.69, 9.17) is 10.1 Å². The first-order valence-corrected chi connectivity index (χ1v) is 8.06. The van der Waals surface area contributed by atoms with Crippen LogP contribution in [0.1, 0.15) is 42.1 Å². The Morgan fingerprint density at radius 1 is 1.19 bits per heavy atom. The van der Waals surface area contributed by atoms with Crippen molar-refractivity contribution in [1.82, 2.24) is 19.9 Å². The minimum absolute atomic E-state index is 0.656. The van der Waals surface area contributed by atoms with Crippen LogP contribution in [0.15, 0.2) is 6.07 Å². The van der Waals surface area contributed by atoms with E-state index >= 15 is 0 Å². The Morgan fingerprint density at radius 2 is 1.95 bits per heavy atom. The lowest BCUT2D eigenvalue weighted by Crippen LogP contribution is -2.44. The maximum absolute atomic E-state index is 4.90. The number of nitrogens with one attached hydrogen (secondary N) is 1. The van der Waals surface area contributed by atoms with E-state index in [2.05, 4.69) is 34.6 Å². The molecule has 21 heavy (non-hydrogen) atoms. The molecule has 0 amide bonds. The van der Waals surface area contributed by atoms with Gasteiger partial charge >= 0.3 is 0 Å². The Balaban J connectivity index is 1.85. The number of rotatable bonds is 2. The average Bonchev–Trinajstić information content (AvgIpc) is 2.81. The van der Waals surface area contributed by atoms with Gasteiger partial charge in [0.2, 0.25) is 0 Å². The topological polar surface area (TPSA) is 45.5 Å². The van der Waals surface area contributed by atoms with Gasteiger partial charge in [-0.15, -0.1) is 0 Å². The lowest BCUT2D eigenvalue weighted by molar-refractivity contribution is 0.409. The lowest BCUT2D eigenvalue weighted by atomic mass is 9.83. The Labute approximate surface area is 125 Å². The molecule has 0 aromatic carbocycles. The summed E-state index contributed by atoms with van der Waals surface area (Å²) in [7, 11) is 0. The highest BCUT2D eigenvalue weighted by Crippen LogP contribution is 2.36. The minimum atomic E-state index is 0.656. The molecule has 2 aromatic rings. The largest absolute Gasteiger partial charge is 0.354 e. The molecular weight excluding hydrogens is 262 g/mol. The van der Waals surface area contributed by atoms with Gasteiger partial charge in [-0.2, -0.15) is 9.61 Å². The zero-order valence-corrected chi connectivity index (χ0v) is 12.9. The highest BCUT2D eigenvalue weighted by Gasteiger charge is 2.25. The molecule has 2 aromatic heterocycles. The first kappa shape index (κ1) is 13.1. The van der Waals surface area contributed by atoms with Crippen LogP contribution < -0.4 is 10.2 Å². The zero-order valence-electron chi connectivity index (χ0n) is 12.9. The highest BCUT2D eigenvalue weighted by atomic mass is 15.4. The van der Waals surface area contributed by atoms with Crippen molar-refractivity contribution < 1.29 is 0 Å². The van der Waals surface area contributed by atoms with Crippen LogP contribution in [0.25, 0.3) is 5.65 Å². The molecule has 1 saturated heterocycles. The molecular formula is C16H23N5. The fourth-order valence-corrected chi connectivity index (χ4v) is 3.35. The molecule has 1 saturated carbocycles. The van der Waals surface area contributed by atoms with Gasteiger partial charge < -0.3 is 10.2 Å². The molecule has 0 unspecified atom stereocenters. The predicted molar refractivity (Wildman–Crippen MR) is 84.1 cm³/mol. The maximum atomic E-state index is 4.90. The fourth-order valence-electron chi connectivity index (χ4n) is 3.35. The van der Waals surface area contributed by atoms with Gasteiger partial charge in [0.1, 0.15) is 5.82 Å². The minimum Gasteiger partial charge on any atom is -0.354 e. The third-order valence-corrected chi connectivity index (χ3v) is 5.01. The Morgan fingerprint density at radius 3 is 2.62 bits per heavy atom. The van der Waals surface area contributed by atoms with E-state index in [9.17, 15) is 0 Å². The number of aromatic nitrogens is 3. The van der Waals surface area contributed by atoms with Gasteiger partial charge in [0.25, 0.3) is 0 Å². The summed E-state index contributed by atoms with van der Waals surface area (Å²) >= 11 is 0. The summed E-state index contributed by atoms with van der Waals surface area (Å²) in [4.78, 5) is 7.20. The predicted octanol–water partition coefficient (Wildman–Crippen LogP) is 2.02. The molecule has 4 rings (SSSR count). The summed E-state index contributed by atoms with van der Waals surface area (Å²) in [6.45, 7) is 8.44. The molecule has 5 nitrogen and oxygen atoms in total. The van der Waals surface area contributed by atoms with Crippen molar-refractivity contribution in [2.75, 3.05) is 31.1 Å². The summed E-state index contributed by atoms with van der Waals surface area (Å²) in [6.07, 6.45) is 3.91. The smallest absolute Gasteiger partial charge is 0.157 e. The van der Waals surface area contributed by atoms with Gasteiger partial charge in [0, 0.05) is 49.4 Å². The van der Waals surface area contributed by atoms with Crippen LogP contribution in [0.5, 0.6) is 0 Å². The number of anilines is 1. The van der Waals surface area contributed by atoms with Crippen molar-refractivity contribution in [1.29, 1.82) is 0 Å². The van der Waals surface area contributed by atoms with Gasteiger partial charge in [-0.1, -0.05) is 6.42 Å². The fraction of sp³-hybridized carbons (Fsp3) is 0.625. The average molecular weight is 285 g/mol. The second-order valence-electron chi connectivity index (χ2n) is 6.35. The van der Waals surface area contributed by atoms with Crippen molar-refractivity contribution in [3.63, 3.8) is 0 Å².